The Balaban J connectivity index is 1.85. The van der Waals surface area contributed by atoms with Crippen LogP contribution in [0.5, 0.6) is 0 Å². The van der Waals surface area contributed by atoms with Gasteiger partial charge in [-0.3, -0.25) is 9.80 Å². The minimum atomic E-state index is -0.166. The van der Waals surface area contributed by atoms with Crippen molar-refractivity contribution in [1.82, 2.24) is 9.80 Å². The number of aryl methyl sites for hydroxylation is 1. The molecule has 3 nitrogen and oxygen atoms in total. The van der Waals surface area contributed by atoms with Crippen LogP contribution in [0, 0.1) is 12.7 Å². The maximum atomic E-state index is 13.4. The predicted octanol–water partition coefficient (Wildman–Crippen LogP) is 2.30. The number of hydrogen-bond donors (Lipinski definition) is 1. The highest BCUT2D eigenvalue weighted by molar-refractivity contribution is 5.30. The van der Waals surface area contributed by atoms with Crippen LogP contribution in [0.15, 0.2) is 18.2 Å². The Bertz CT molecular complexity index is 505. The van der Waals surface area contributed by atoms with Gasteiger partial charge in [0.2, 0.25) is 0 Å². The molecule has 3 unspecified atom stereocenters. The van der Waals surface area contributed by atoms with E-state index < -0.39 is 0 Å². The fourth-order valence-corrected chi connectivity index (χ4v) is 4.10. The number of hydrogen-bond acceptors (Lipinski definition) is 3. The number of rotatable bonds is 3. The van der Waals surface area contributed by atoms with Crippen LogP contribution in [0.25, 0.3) is 0 Å². The van der Waals surface area contributed by atoms with Crippen LogP contribution >= 0.6 is 0 Å². The van der Waals surface area contributed by atoms with E-state index in [9.17, 15) is 4.39 Å². The van der Waals surface area contributed by atoms with E-state index in [2.05, 4.69) is 16.7 Å². The van der Waals surface area contributed by atoms with Gasteiger partial charge in [-0.2, -0.15) is 0 Å². The van der Waals surface area contributed by atoms with Gasteiger partial charge in [0, 0.05) is 37.8 Å². The fourth-order valence-electron chi connectivity index (χ4n) is 4.10. The van der Waals surface area contributed by atoms with Gasteiger partial charge in [-0.1, -0.05) is 6.07 Å². The maximum absolute atomic E-state index is 13.4. The molecule has 2 aliphatic heterocycles. The lowest BCUT2D eigenvalue weighted by Gasteiger charge is -2.46. The molecule has 3 atom stereocenters. The summed E-state index contributed by atoms with van der Waals surface area (Å²) in [7, 11) is 0. The maximum Gasteiger partial charge on any atom is 0.123 e. The summed E-state index contributed by atoms with van der Waals surface area (Å²) in [6.45, 7) is 8.31. The molecule has 0 amide bonds. The summed E-state index contributed by atoms with van der Waals surface area (Å²) in [5.74, 6) is -0.166. The Morgan fingerprint density at radius 3 is 2.90 bits per heavy atom. The molecule has 2 heterocycles. The van der Waals surface area contributed by atoms with Crippen molar-refractivity contribution in [3.63, 3.8) is 0 Å². The Kier molecular flexibility index (Phi) is 4.29. The molecule has 0 radical (unpaired) electrons. The molecule has 21 heavy (non-hydrogen) atoms. The Hall–Kier alpha value is -0.970. The lowest BCUT2D eigenvalue weighted by molar-refractivity contribution is 0.0294. The highest BCUT2D eigenvalue weighted by Gasteiger charge is 2.37. The SMILES string of the molecule is Cc1cc(F)ccc1C(CN)N1CC2CCCN2CC1C. The first kappa shape index (κ1) is 14.9. The number of fused-ring (bicyclic) bond motifs is 1. The minimum Gasteiger partial charge on any atom is -0.329 e. The zero-order valence-corrected chi connectivity index (χ0v) is 13.1. The average molecular weight is 291 g/mol. The second-order valence-corrected chi connectivity index (χ2v) is 6.59. The van der Waals surface area contributed by atoms with Gasteiger partial charge in [0.25, 0.3) is 0 Å². The van der Waals surface area contributed by atoms with Crippen LogP contribution in [0.3, 0.4) is 0 Å². The highest BCUT2D eigenvalue weighted by Crippen LogP contribution is 2.32. The number of piperazine rings is 1. The standard InChI is InChI=1S/C17H26FN3/c1-12-8-14(18)5-6-16(12)17(9-19)21-11-15-4-3-7-20(15)10-13(21)2/h5-6,8,13,15,17H,3-4,7,9-11,19H2,1-2H3. The van der Waals surface area contributed by atoms with Crippen molar-refractivity contribution in [3.8, 4) is 0 Å². The van der Waals surface area contributed by atoms with E-state index in [0.29, 0.717) is 18.6 Å². The van der Waals surface area contributed by atoms with E-state index in [1.807, 2.05) is 13.0 Å². The van der Waals surface area contributed by atoms with Crippen molar-refractivity contribution in [3.05, 3.63) is 35.1 Å². The van der Waals surface area contributed by atoms with E-state index in [0.717, 1.165) is 18.7 Å². The van der Waals surface area contributed by atoms with Gasteiger partial charge in [-0.25, -0.2) is 4.39 Å². The Morgan fingerprint density at radius 1 is 1.38 bits per heavy atom. The van der Waals surface area contributed by atoms with Crippen molar-refractivity contribution < 1.29 is 4.39 Å². The van der Waals surface area contributed by atoms with E-state index in [-0.39, 0.29) is 11.9 Å². The molecular formula is C17H26FN3. The summed E-state index contributed by atoms with van der Waals surface area (Å²) in [6.07, 6.45) is 2.61. The van der Waals surface area contributed by atoms with Crippen LogP contribution < -0.4 is 5.73 Å². The zero-order chi connectivity index (χ0) is 15.0. The van der Waals surface area contributed by atoms with Crippen LogP contribution in [-0.4, -0.2) is 48.1 Å². The molecule has 2 fully saturated rings. The average Bonchev–Trinajstić information content (AvgIpc) is 2.89. The van der Waals surface area contributed by atoms with Gasteiger partial charge in [-0.05, 0) is 56.5 Å². The molecule has 4 heteroatoms. The number of nitrogens with zero attached hydrogens (tertiary/aromatic N) is 2. The molecule has 0 spiro atoms. The zero-order valence-electron chi connectivity index (χ0n) is 13.1. The molecule has 1 aromatic rings. The van der Waals surface area contributed by atoms with E-state index >= 15 is 0 Å². The molecule has 116 valence electrons. The van der Waals surface area contributed by atoms with Crippen molar-refractivity contribution >= 4 is 0 Å². The summed E-state index contributed by atoms with van der Waals surface area (Å²) in [4.78, 5) is 5.15. The van der Waals surface area contributed by atoms with Gasteiger partial charge in [0.15, 0.2) is 0 Å². The van der Waals surface area contributed by atoms with Gasteiger partial charge >= 0.3 is 0 Å². The predicted molar refractivity (Wildman–Crippen MR) is 83.7 cm³/mol. The van der Waals surface area contributed by atoms with Gasteiger partial charge in [0.05, 0.1) is 0 Å². The molecule has 3 rings (SSSR count). The molecule has 0 saturated carbocycles. The van der Waals surface area contributed by atoms with Crippen LogP contribution in [-0.2, 0) is 0 Å². The van der Waals surface area contributed by atoms with Gasteiger partial charge in [-0.15, -0.1) is 0 Å². The van der Waals surface area contributed by atoms with E-state index in [4.69, 9.17) is 5.73 Å². The molecular weight excluding hydrogens is 265 g/mol. The highest BCUT2D eigenvalue weighted by atomic mass is 19.1. The van der Waals surface area contributed by atoms with Gasteiger partial charge in [0.1, 0.15) is 5.82 Å². The molecule has 0 bridgehead atoms. The third-order valence-electron chi connectivity index (χ3n) is 5.20. The monoisotopic (exact) mass is 291 g/mol. The summed E-state index contributed by atoms with van der Waals surface area (Å²) in [5.41, 5.74) is 8.28. The second-order valence-electron chi connectivity index (χ2n) is 6.59. The number of nitrogens with two attached hydrogens (primary N) is 1. The van der Waals surface area contributed by atoms with E-state index in [1.165, 1.54) is 24.9 Å². The van der Waals surface area contributed by atoms with Gasteiger partial charge < -0.3 is 5.73 Å². The van der Waals surface area contributed by atoms with Crippen LogP contribution in [0.4, 0.5) is 4.39 Å². The molecule has 0 aromatic heterocycles. The summed E-state index contributed by atoms with van der Waals surface area (Å²) in [6, 6.07) is 6.46. The lowest BCUT2D eigenvalue weighted by atomic mass is 9.96. The normalized spacial score (nSPS) is 28.6. The minimum absolute atomic E-state index is 0.166. The summed E-state index contributed by atoms with van der Waals surface area (Å²) in [5, 5.41) is 0. The largest absolute Gasteiger partial charge is 0.329 e. The number of benzene rings is 1. The fraction of sp³-hybridized carbons (Fsp3) is 0.647. The van der Waals surface area contributed by atoms with Crippen LogP contribution in [0.2, 0.25) is 0 Å². The van der Waals surface area contributed by atoms with Crippen LogP contribution in [0.1, 0.15) is 36.9 Å². The first-order chi connectivity index (χ1) is 10.1. The lowest BCUT2D eigenvalue weighted by Crippen LogP contribution is -2.56. The molecule has 0 aliphatic carbocycles. The van der Waals surface area contributed by atoms with Crippen molar-refractivity contribution in [2.45, 2.75) is 44.8 Å². The summed E-state index contributed by atoms with van der Waals surface area (Å²) >= 11 is 0. The Morgan fingerprint density at radius 2 is 2.19 bits per heavy atom. The van der Waals surface area contributed by atoms with Crippen molar-refractivity contribution in [2.24, 2.45) is 5.73 Å². The topological polar surface area (TPSA) is 32.5 Å². The van der Waals surface area contributed by atoms with E-state index in [1.54, 1.807) is 12.1 Å². The molecule has 2 N–H and O–H groups in total. The smallest absolute Gasteiger partial charge is 0.123 e. The molecule has 2 saturated heterocycles. The van der Waals surface area contributed by atoms with Crippen molar-refractivity contribution in [1.29, 1.82) is 0 Å². The quantitative estimate of drug-likeness (QED) is 0.927. The summed E-state index contributed by atoms with van der Waals surface area (Å²) < 4.78 is 13.4. The third kappa shape index (κ3) is 2.85. The van der Waals surface area contributed by atoms with Crippen molar-refractivity contribution in [2.75, 3.05) is 26.2 Å². The molecule has 2 aliphatic rings. The molecule has 1 aromatic carbocycles. The first-order valence-electron chi connectivity index (χ1n) is 8.06. The first-order valence-corrected chi connectivity index (χ1v) is 8.06. The third-order valence-corrected chi connectivity index (χ3v) is 5.20. The Labute approximate surface area is 126 Å². The second kappa shape index (κ2) is 6.03. The number of halogens is 1.